The SMILES string of the molecule is Cc1cc(C(F)(F)F)ccc1S(=O)(=O)c1ccc(CNC(=O)C2CC3CNCCC3N2)cc1. The summed E-state index contributed by atoms with van der Waals surface area (Å²) < 4.78 is 64.5. The second-order valence-corrected chi connectivity index (χ2v) is 10.6. The molecule has 2 saturated heterocycles. The van der Waals surface area contributed by atoms with E-state index in [4.69, 9.17) is 0 Å². The van der Waals surface area contributed by atoms with E-state index in [0.29, 0.717) is 12.0 Å². The molecule has 2 aliphatic rings. The third kappa shape index (κ3) is 5.07. The molecule has 0 radical (unpaired) electrons. The second-order valence-electron chi connectivity index (χ2n) is 8.66. The Hall–Kier alpha value is -2.43. The van der Waals surface area contributed by atoms with Crippen LogP contribution in [0.1, 0.15) is 29.5 Å². The third-order valence-corrected chi connectivity index (χ3v) is 8.30. The van der Waals surface area contributed by atoms with Crippen LogP contribution in [0.2, 0.25) is 0 Å². The number of piperidine rings is 1. The Morgan fingerprint density at radius 1 is 1.15 bits per heavy atom. The standard InChI is InChI=1S/C23H26F3N3O3S/c1-14-10-17(23(24,25)26)4-7-21(14)33(31,32)18-5-2-15(3-6-18)12-28-22(30)20-11-16-13-27-9-8-19(16)29-20/h2-7,10,16,19-20,27,29H,8-9,11-13H2,1H3,(H,28,30). The van der Waals surface area contributed by atoms with Gasteiger partial charge in [0.2, 0.25) is 15.7 Å². The lowest BCUT2D eigenvalue weighted by Crippen LogP contribution is -2.45. The number of fused-ring (bicyclic) bond motifs is 1. The number of halogens is 3. The Kier molecular flexibility index (Phi) is 6.52. The van der Waals surface area contributed by atoms with E-state index < -0.39 is 21.6 Å². The summed E-state index contributed by atoms with van der Waals surface area (Å²) in [6.07, 6.45) is -2.75. The quantitative estimate of drug-likeness (QED) is 0.612. The fourth-order valence-corrected chi connectivity index (χ4v) is 6.03. The number of amides is 1. The van der Waals surface area contributed by atoms with Crippen LogP contribution in [0.15, 0.2) is 52.3 Å². The molecule has 0 saturated carbocycles. The van der Waals surface area contributed by atoms with Crippen LogP contribution in [0.3, 0.4) is 0 Å². The predicted octanol–water partition coefficient (Wildman–Crippen LogP) is 2.80. The van der Waals surface area contributed by atoms with Gasteiger partial charge in [0.05, 0.1) is 21.4 Å². The van der Waals surface area contributed by atoms with E-state index in [2.05, 4.69) is 16.0 Å². The summed E-state index contributed by atoms with van der Waals surface area (Å²) in [5.74, 6) is 0.370. The maximum absolute atomic E-state index is 12.9. The molecule has 10 heteroatoms. The van der Waals surface area contributed by atoms with Crippen LogP contribution < -0.4 is 16.0 Å². The Morgan fingerprint density at radius 2 is 1.88 bits per heavy atom. The molecule has 2 heterocycles. The summed E-state index contributed by atoms with van der Waals surface area (Å²) in [4.78, 5) is 12.4. The zero-order valence-corrected chi connectivity index (χ0v) is 18.9. The molecule has 2 aliphatic heterocycles. The molecule has 4 rings (SSSR count). The molecule has 2 aromatic rings. The monoisotopic (exact) mass is 481 g/mol. The highest BCUT2D eigenvalue weighted by Crippen LogP contribution is 2.33. The van der Waals surface area contributed by atoms with Gasteiger partial charge in [-0.3, -0.25) is 4.79 Å². The first-order valence-corrected chi connectivity index (χ1v) is 12.3. The van der Waals surface area contributed by atoms with Gasteiger partial charge < -0.3 is 16.0 Å². The van der Waals surface area contributed by atoms with Crippen molar-refractivity contribution in [3.63, 3.8) is 0 Å². The second kappa shape index (κ2) is 9.08. The van der Waals surface area contributed by atoms with Crippen molar-refractivity contribution in [1.29, 1.82) is 0 Å². The van der Waals surface area contributed by atoms with Gasteiger partial charge in [-0.25, -0.2) is 8.42 Å². The number of sulfone groups is 1. The van der Waals surface area contributed by atoms with Crippen molar-refractivity contribution in [3.8, 4) is 0 Å². The van der Waals surface area contributed by atoms with Gasteiger partial charge in [0, 0.05) is 12.6 Å². The van der Waals surface area contributed by atoms with Gasteiger partial charge in [-0.15, -0.1) is 0 Å². The topological polar surface area (TPSA) is 87.3 Å². The number of hydrogen-bond donors (Lipinski definition) is 3. The summed E-state index contributed by atoms with van der Waals surface area (Å²) in [7, 11) is -3.98. The first-order valence-electron chi connectivity index (χ1n) is 10.8. The van der Waals surface area contributed by atoms with Crippen LogP contribution in [0.5, 0.6) is 0 Å². The summed E-state index contributed by atoms with van der Waals surface area (Å²) in [5, 5.41) is 9.63. The number of aryl methyl sites for hydroxylation is 1. The van der Waals surface area contributed by atoms with Crippen LogP contribution >= 0.6 is 0 Å². The zero-order valence-electron chi connectivity index (χ0n) is 18.1. The first kappa shape index (κ1) is 23.7. The van der Waals surface area contributed by atoms with E-state index in [-0.39, 0.29) is 33.8 Å². The van der Waals surface area contributed by atoms with Crippen LogP contribution in [-0.2, 0) is 27.4 Å². The molecular formula is C23H26F3N3O3S. The molecule has 0 bridgehead atoms. The lowest BCUT2D eigenvalue weighted by Gasteiger charge is -2.25. The van der Waals surface area contributed by atoms with Crippen LogP contribution in [0.4, 0.5) is 13.2 Å². The summed E-state index contributed by atoms with van der Waals surface area (Å²) in [6.45, 7) is 3.46. The number of benzene rings is 2. The van der Waals surface area contributed by atoms with Gasteiger partial charge in [-0.2, -0.15) is 13.2 Å². The average molecular weight is 482 g/mol. The number of carbonyl (C=O) groups is 1. The van der Waals surface area contributed by atoms with Gasteiger partial charge in [0.15, 0.2) is 0 Å². The molecular weight excluding hydrogens is 455 g/mol. The van der Waals surface area contributed by atoms with Crippen molar-refractivity contribution in [2.45, 2.75) is 54.4 Å². The summed E-state index contributed by atoms with van der Waals surface area (Å²) >= 11 is 0. The number of hydrogen-bond acceptors (Lipinski definition) is 5. The van der Waals surface area contributed by atoms with Gasteiger partial charge in [0.25, 0.3) is 0 Å². The van der Waals surface area contributed by atoms with E-state index in [1.807, 2.05) is 0 Å². The molecule has 0 spiro atoms. The van der Waals surface area contributed by atoms with Gasteiger partial charge in [-0.1, -0.05) is 12.1 Å². The van der Waals surface area contributed by atoms with Crippen molar-refractivity contribution < 1.29 is 26.4 Å². The van der Waals surface area contributed by atoms with E-state index >= 15 is 0 Å². The van der Waals surface area contributed by atoms with Gasteiger partial charge >= 0.3 is 6.18 Å². The fraction of sp³-hybridized carbons (Fsp3) is 0.435. The lowest BCUT2D eigenvalue weighted by molar-refractivity contribution is -0.137. The van der Waals surface area contributed by atoms with Crippen molar-refractivity contribution in [3.05, 3.63) is 59.2 Å². The van der Waals surface area contributed by atoms with Crippen molar-refractivity contribution in [1.82, 2.24) is 16.0 Å². The Labute approximate surface area is 190 Å². The molecule has 2 aromatic carbocycles. The predicted molar refractivity (Wildman–Crippen MR) is 116 cm³/mol. The van der Waals surface area contributed by atoms with E-state index in [1.54, 1.807) is 12.1 Å². The molecule has 2 fully saturated rings. The molecule has 33 heavy (non-hydrogen) atoms. The minimum absolute atomic E-state index is 0.0190. The Balaban J connectivity index is 1.40. The molecule has 3 unspecified atom stereocenters. The minimum Gasteiger partial charge on any atom is -0.351 e. The highest BCUT2D eigenvalue weighted by Gasteiger charge is 2.38. The van der Waals surface area contributed by atoms with Crippen LogP contribution in [0, 0.1) is 12.8 Å². The highest BCUT2D eigenvalue weighted by atomic mass is 32.2. The largest absolute Gasteiger partial charge is 0.416 e. The summed E-state index contributed by atoms with van der Waals surface area (Å²) in [6, 6.07) is 8.72. The molecule has 6 nitrogen and oxygen atoms in total. The third-order valence-electron chi connectivity index (χ3n) is 6.37. The van der Waals surface area contributed by atoms with Gasteiger partial charge in [0.1, 0.15) is 0 Å². The minimum atomic E-state index is -4.54. The molecule has 3 atom stereocenters. The smallest absolute Gasteiger partial charge is 0.351 e. The van der Waals surface area contributed by atoms with Crippen molar-refractivity contribution >= 4 is 15.7 Å². The zero-order chi connectivity index (χ0) is 23.8. The van der Waals surface area contributed by atoms with Crippen LogP contribution in [-0.4, -0.2) is 39.5 Å². The summed E-state index contributed by atoms with van der Waals surface area (Å²) in [5.41, 5.74) is -0.137. The van der Waals surface area contributed by atoms with Crippen molar-refractivity contribution in [2.24, 2.45) is 5.92 Å². The fourth-order valence-electron chi connectivity index (χ4n) is 4.55. The van der Waals surface area contributed by atoms with E-state index in [9.17, 15) is 26.4 Å². The average Bonchev–Trinajstić information content (AvgIpc) is 3.21. The Morgan fingerprint density at radius 3 is 2.52 bits per heavy atom. The maximum Gasteiger partial charge on any atom is 0.416 e. The lowest BCUT2D eigenvalue weighted by atomic mass is 9.94. The normalized spacial score (nSPS) is 23.2. The van der Waals surface area contributed by atoms with E-state index in [0.717, 1.165) is 49.7 Å². The van der Waals surface area contributed by atoms with Crippen LogP contribution in [0.25, 0.3) is 0 Å². The molecule has 1 amide bonds. The highest BCUT2D eigenvalue weighted by molar-refractivity contribution is 7.91. The number of nitrogens with one attached hydrogen (secondary N) is 3. The maximum atomic E-state index is 12.9. The van der Waals surface area contributed by atoms with Gasteiger partial charge in [-0.05, 0) is 80.2 Å². The molecule has 178 valence electrons. The number of alkyl halides is 3. The number of rotatable bonds is 5. The van der Waals surface area contributed by atoms with Crippen molar-refractivity contribution in [2.75, 3.05) is 13.1 Å². The first-order chi connectivity index (χ1) is 15.6. The Bertz CT molecular complexity index is 1120. The number of carbonyl (C=O) groups excluding carboxylic acids is 1. The molecule has 0 aliphatic carbocycles. The van der Waals surface area contributed by atoms with E-state index in [1.165, 1.54) is 19.1 Å². The molecule has 3 N–H and O–H groups in total. The molecule has 0 aromatic heterocycles.